The number of rotatable bonds is 3. The number of carbonyl (C=O) groups excluding carboxylic acids is 2. The molecule has 1 heterocycles. The van der Waals surface area contributed by atoms with Gasteiger partial charge in [-0.05, 0) is 44.0 Å². The second-order valence-electron chi connectivity index (χ2n) is 6.31. The molecule has 2 atom stereocenters. The first-order chi connectivity index (χ1) is 12.7. The van der Waals surface area contributed by atoms with Gasteiger partial charge in [-0.3, -0.25) is 9.59 Å². The van der Waals surface area contributed by atoms with Crippen molar-refractivity contribution in [2.24, 2.45) is 5.92 Å². The molecular weight excluding hydrogens is 324 g/mol. The number of carbonyl (C=O) groups is 2. The summed E-state index contributed by atoms with van der Waals surface area (Å²) in [6, 6.07) is 18.1. The minimum absolute atomic E-state index is 0.0736. The van der Waals surface area contributed by atoms with Crippen molar-refractivity contribution >= 4 is 17.5 Å². The van der Waals surface area contributed by atoms with E-state index in [4.69, 9.17) is 0 Å². The SMILES string of the molecule is CC#C[C@H]1C(C(=O)Nc2ccccc2)CCCN1C(=O)c1ccccc1. The molecule has 0 radical (unpaired) electrons. The molecule has 0 bridgehead atoms. The van der Waals surface area contributed by atoms with Crippen molar-refractivity contribution in [1.29, 1.82) is 0 Å². The Kier molecular flexibility index (Phi) is 5.70. The Balaban J connectivity index is 1.82. The van der Waals surface area contributed by atoms with Crippen LogP contribution in [0.15, 0.2) is 60.7 Å². The third kappa shape index (κ3) is 3.94. The third-order valence-corrected chi connectivity index (χ3v) is 4.58. The fraction of sp³-hybridized carbons (Fsp3) is 0.273. The lowest BCUT2D eigenvalue weighted by molar-refractivity contribution is -0.122. The zero-order chi connectivity index (χ0) is 18.4. The second-order valence-corrected chi connectivity index (χ2v) is 6.31. The standard InChI is InChI=1S/C22H22N2O2/c1-2-10-20-19(21(25)23-18-13-7-4-8-14-18)15-9-16-24(20)22(26)17-11-5-3-6-12-17/h3-8,11-14,19-20H,9,15-16H2,1H3,(H,23,25)/t19?,20-/m0/s1. The Bertz CT molecular complexity index is 821. The van der Waals surface area contributed by atoms with Gasteiger partial charge in [0.25, 0.3) is 5.91 Å². The summed E-state index contributed by atoms with van der Waals surface area (Å²) in [5, 5.41) is 2.95. The highest BCUT2D eigenvalue weighted by Crippen LogP contribution is 2.26. The van der Waals surface area contributed by atoms with E-state index in [-0.39, 0.29) is 17.7 Å². The van der Waals surface area contributed by atoms with E-state index < -0.39 is 6.04 Å². The lowest BCUT2D eigenvalue weighted by atomic mass is 9.87. The first-order valence-electron chi connectivity index (χ1n) is 8.85. The molecule has 132 valence electrons. The van der Waals surface area contributed by atoms with Crippen LogP contribution in [0.25, 0.3) is 0 Å². The van der Waals surface area contributed by atoms with E-state index in [1.165, 1.54) is 0 Å². The van der Waals surface area contributed by atoms with Gasteiger partial charge in [-0.1, -0.05) is 42.3 Å². The fourth-order valence-corrected chi connectivity index (χ4v) is 3.33. The van der Waals surface area contributed by atoms with Gasteiger partial charge < -0.3 is 10.2 Å². The number of nitrogens with one attached hydrogen (secondary N) is 1. The molecule has 0 aliphatic carbocycles. The molecule has 3 rings (SSSR count). The van der Waals surface area contributed by atoms with Gasteiger partial charge in [0.2, 0.25) is 5.91 Å². The highest BCUT2D eigenvalue weighted by atomic mass is 16.2. The molecule has 2 aromatic carbocycles. The number of nitrogens with zero attached hydrogens (tertiary/aromatic N) is 1. The minimum atomic E-state index is -0.412. The van der Waals surface area contributed by atoms with Crippen LogP contribution in [-0.2, 0) is 4.79 Å². The summed E-state index contributed by atoms with van der Waals surface area (Å²) in [7, 11) is 0. The van der Waals surface area contributed by atoms with Gasteiger partial charge in [0, 0.05) is 17.8 Å². The number of piperidine rings is 1. The van der Waals surface area contributed by atoms with Gasteiger partial charge in [0.05, 0.1) is 5.92 Å². The van der Waals surface area contributed by atoms with Gasteiger partial charge in [-0.2, -0.15) is 0 Å². The fourth-order valence-electron chi connectivity index (χ4n) is 3.33. The third-order valence-electron chi connectivity index (χ3n) is 4.58. The lowest BCUT2D eigenvalue weighted by Crippen LogP contribution is -2.51. The van der Waals surface area contributed by atoms with Crippen LogP contribution >= 0.6 is 0 Å². The zero-order valence-corrected chi connectivity index (χ0v) is 14.8. The van der Waals surface area contributed by atoms with Crippen molar-refractivity contribution in [2.75, 3.05) is 11.9 Å². The molecule has 2 aromatic rings. The van der Waals surface area contributed by atoms with E-state index in [1.807, 2.05) is 48.5 Å². The van der Waals surface area contributed by atoms with Crippen molar-refractivity contribution < 1.29 is 9.59 Å². The van der Waals surface area contributed by atoms with Crippen molar-refractivity contribution in [3.63, 3.8) is 0 Å². The summed E-state index contributed by atoms with van der Waals surface area (Å²) < 4.78 is 0. The van der Waals surface area contributed by atoms with Crippen LogP contribution < -0.4 is 5.32 Å². The molecule has 1 fully saturated rings. The van der Waals surface area contributed by atoms with E-state index in [0.717, 1.165) is 18.5 Å². The predicted molar refractivity (Wildman–Crippen MR) is 103 cm³/mol. The normalized spacial score (nSPS) is 19.2. The zero-order valence-electron chi connectivity index (χ0n) is 14.8. The molecular formula is C22H22N2O2. The smallest absolute Gasteiger partial charge is 0.254 e. The van der Waals surface area contributed by atoms with Crippen LogP contribution in [0.5, 0.6) is 0 Å². The van der Waals surface area contributed by atoms with Gasteiger partial charge >= 0.3 is 0 Å². The first-order valence-corrected chi connectivity index (χ1v) is 8.85. The average molecular weight is 346 g/mol. The van der Waals surface area contributed by atoms with Gasteiger partial charge in [0.15, 0.2) is 0 Å². The van der Waals surface area contributed by atoms with Gasteiger partial charge in [-0.25, -0.2) is 0 Å². The summed E-state index contributed by atoms with van der Waals surface area (Å²) in [6.07, 6.45) is 1.50. The maximum absolute atomic E-state index is 12.9. The summed E-state index contributed by atoms with van der Waals surface area (Å²) in [5.41, 5.74) is 1.38. The van der Waals surface area contributed by atoms with Crippen LogP contribution in [0.4, 0.5) is 5.69 Å². The van der Waals surface area contributed by atoms with Crippen LogP contribution in [0, 0.1) is 17.8 Å². The number of hydrogen-bond donors (Lipinski definition) is 1. The van der Waals surface area contributed by atoms with Gasteiger partial charge in [-0.15, -0.1) is 5.92 Å². The molecule has 1 N–H and O–H groups in total. The maximum atomic E-state index is 12.9. The average Bonchev–Trinajstić information content (AvgIpc) is 2.69. The summed E-state index contributed by atoms with van der Waals surface area (Å²) >= 11 is 0. The quantitative estimate of drug-likeness (QED) is 0.864. The number of amides is 2. The molecule has 0 saturated carbocycles. The molecule has 1 unspecified atom stereocenters. The van der Waals surface area contributed by atoms with Crippen molar-refractivity contribution in [3.8, 4) is 11.8 Å². The Morgan fingerprint density at radius 3 is 2.35 bits per heavy atom. The van der Waals surface area contributed by atoms with Crippen LogP contribution in [0.3, 0.4) is 0 Å². The summed E-state index contributed by atoms with van der Waals surface area (Å²) in [6.45, 7) is 2.36. The summed E-state index contributed by atoms with van der Waals surface area (Å²) in [4.78, 5) is 27.5. The Hall–Kier alpha value is -3.06. The minimum Gasteiger partial charge on any atom is -0.326 e. The first kappa shape index (κ1) is 17.8. The van der Waals surface area contributed by atoms with E-state index in [0.29, 0.717) is 12.1 Å². The van der Waals surface area contributed by atoms with E-state index >= 15 is 0 Å². The molecule has 26 heavy (non-hydrogen) atoms. The molecule has 4 nitrogen and oxygen atoms in total. The van der Waals surface area contributed by atoms with Gasteiger partial charge in [0.1, 0.15) is 6.04 Å². The molecule has 0 aromatic heterocycles. The maximum Gasteiger partial charge on any atom is 0.254 e. The van der Waals surface area contributed by atoms with E-state index in [9.17, 15) is 9.59 Å². The number of likely N-dealkylation sites (tertiary alicyclic amines) is 1. The molecule has 4 heteroatoms. The molecule has 0 spiro atoms. The molecule has 2 amide bonds. The van der Waals surface area contributed by atoms with Crippen LogP contribution in [0.1, 0.15) is 30.1 Å². The second kappa shape index (κ2) is 8.35. The number of benzene rings is 2. The molecule has 1 aliphatic rings. The lowest BCUT2D eigenvalue weighted by Gasteiger charge is -2.37. The molecule has 1 saturated heterocycles. The van der Waals surface area contributed by atoms with Crippen LogP contribution in [0.2, 0.25) is 0 Å². The topological polar surface area (TPSA) is 49.4 Å². The van der Waals surface area contributed by atoms with Crippen molar-refractivity contribution in [1.82, 2.24) is 4.90 Å². The van der Waals surface area contributed by atoms with E-state index in [1.54, 1.807) is 24.0 Å². The van der Waals surface area contributed by atoms with E-state index in [2.05, 4.69) is 17.2 Å². The largest absolute Gasteiger partial charge is 0.326 e. The highest BCUT2D eigenvalue weighted by molar-refractivity contribution is 5.97. The predicted octanol–water partition coefficient (Wildman–Crippen LogP) is 3.57. The Morgan fingerprint density at radius 2 is 1.69 bits per heavy atom. The highest BCUT2D eigenvalue weighted by Gasteiger charge is 2.37. The number of hydrogen-bond acceptors (Lipinski definition) is 2. The Morgan fingerprint density at radius 1 is 1.04 bits per heavy atom. The number of para-hydroxylation sites is 1. The van der Waals surface area contributed by atoms with Crippen LogP contribution in [-0.4, -0.2) is 29.3 Å². The summed E-state index contributed by atoms with van der Waals surface area (Å²) in [5.74, 6) is 5.49. The monoisotopic (exact) mass is 346 g/mol. The Labute approximate surface area is 154 Å². The van der Waals surface area contributed by atoms with Crippen molar-refractivity contribution in [2.45, 2.75) is 25.8 Å². The van der Waals surface area contributed by atoms with Crippen molar-refractivity contribution in [3.05, 3.63) is 66.2 Å². The number of anilines is 1. The molecule has 1 aliphatic heterocycles.